The Balaban J connectivity index is 2.16. The molecule has 0 aromatic rings. The van der Waals surface area contributed by atoms with E-state index in [0.29, 0.717) is 5.78 Å². The Morgan fingerprint density at radius 3 is 3.27 bits per heavy atom. The lowest BCUT2D eigenvalue weighted by molar-refractivity contribution is -0.115. The van der Waals surface area contributed by atoms with Gasteiger partial charge in [-0.2, -0.15) is 11.8 Å². The van der Waals surface area contributed by atoms with E-state index in [-0.39, 0.29) is 0 Å². The maximum absolute atomic E-state index is 11.0. The molecule has 0 spiro atoms. The number of ketones is 1. The number of carbonyl (C=O) groups is 1. The van der Waals surface area contributed by atoms with Gasteiger partial charge in [-0.05, 0) is 36.3 Å². The Labute approximate surface area is 71.2 Å². The molecule has 0 amide bonds. The highest BCUT2D eigenvalue weighted by atomic mass is 32.2. The fourth-order valence-electron chi connectivity index (χ4n) is 1.78. The van der Waals surface area contributed by atoms with Gasteiger partial charge in [-0.25, -0.2) is 0 Å². The second kappa shape index (κ2) is 3.02. The average Bonchev–Trinajstić information content (AvgIpc) is 2.04. The third-order valence-electron chi connectivity index (χ3n) is 2.46. The fourth-order valence-corrected chi connectivity index (χ4v) is 2.99. The standard InChI is InChI=1S/C9H12OS/c10-9-2-1-8-6-11-4-3-7(8)5-9/h5,8H,1-4,6H2. The zero-order chi connectivity index (χ0) is 7.68. The molecule has 0 saturated carbocycles. The number of allylic oxidation sites excluding steroid dienone is 2. The van der Waals surface area contributed by atoms with E-state index in [1.807, 2.05) is 17.8 Å². The van der Waals surface area contributed by atoms with Crippen molar-refractivity contribution in [1.29, 1.82) is 0 Å². The predicted octanol–water partition coefficient (Wildman–Crippen LogP) is 2.03. The lowest BCUT2D eigenvalue weighted by Gasteiger charge is -2.27. The maximum atomic E-state index is 11.0. The van der Waals surface area contributed by atoms with E-state index < -0.39 is 0 Å². The van der Waals surface area contributed by atoms with E-state index >= 15 is 0 Å². The lowest BCUT2D eigenvalue weighted by atomic mass is 9.87. The fraction of sp³-hybridized carbons (Fsp3) is 0.667. The second-order valence-electron chi connectivity index (χ2n) is 3.25. The minimum Gasteiger partial charge on any atom is -0.295 e. The van der Waals surface area contributed by atoms with Gasteiger partial charge in [-0.15, -0.1) is 0 Å². The Bertz CT molecular complexity index is 208. The Morgan fingerprint density at radius 1 is 1.45 bits per heavy atom. The van der Waals surface area contributed by atoms with E-state index in [9.17, 15) is 4.79 Å². The first kappa shape index (κ1) is 7.41. The average molecular weight is 168 g/mol. The topological polar surface area (TPSA) is 17.1 Å². The number of carbonyl (C=O) groups excluding carboxylic acids is 1. The summed E-state index contributed by atoms with van der Waals surface area (Å²) in [4.78, 5) is 11.0. The molecule has 0 radical (unpaired) electrons. The van der Waals surface area contributed by atoms with Gasteiger partial charge < -0.3 is 0 Å². The van der Waals surface area contributed by atoms with Crippen molar-refractivity contribution in [3.63, 3.8) is 0 Å². The summed E-state index contributed by atoms with van der Waals surface area (Å²) >= 11 is 2.03. The smallest absolute Gasteiger partial charge is 0.155 e. The molecule has 1 unspecified atom stereocenters. The van der Waals surface area contributed by atoms with Gasteiger partial charge in [0.05, 0.1) is 0 Å². The van der Waals surface area contributed by atoms with Crippen molar-refractivity contribution >= 4 is 17.5 Å². The zero-order valence-corrected chi connectivity index (χ0v) is 7.32. The maximum Gasteiger partial charge on any atom is 0.155 e. The molecule has 60 valence electrons. The van der Waals surface area contributed by atoms with Crippen LogP contribution in [0.15, 0.2) is 11.6 Å². The molecule has 0 N–H and O–H groups in total. The Morgan fingerprint density at radius 2 is 2.36 bits per heavy atom. The number of fused-ring (bicyclic) bond motifs is 1. The summed E-state index contributed by atoms with van der Waals surface area (Å²) in [7, 11) is 0. The van der Waals surface area contributed by atoms with Crippen LogP contribution in [0.3, 0.4) is 0 Å². The molecule has 2 aliphatic rings. The summed E-state index contributed by atoms with van der Waals surface area (Å²) in [6.07, 6.45) is 4.95. The van der Waals surface area contributed by atoms with Crippen LogP contribution in [-0.2, 0) is 4.79 Å². The van der Waals surface area contributed by atoms with Crippen molar-refractivity contribution in [2.75, 3.05) is 11.5 Å². The summed E-state index contributed by atoms with van der Waals surface area (Å²) < 4.78 is 0. The number of hydrogen-bond acceptors (Lipinski definition) is 2. The third kappa shape index (κ3) is 1.51. The molecule has 1 saturated heterocycles. The molecule has 1 fully saturated rings. The zero-order valence-electron chi connectivity index (χ0n) is 6.51. The van der Waals surface area contributed by atoms with Gasteiger partial charge in [-0.3, -0.25) is 4.79 Å². The molecule has 0 bridgehead atoms. The minimum atomic E-state index is 0.350. The normalized spacial score (nSPS) is 31.1. The highest BCUT2D eigenvalue weighted by Gasteiger charge is 2.23. The summed E-state index contributed by atoms with van der Waals surface area (Å²) in [5.41, 5.74) is 1.43. The van der Waals surface area contributed by atoms with E-state index in [1.165, 1.54) is 17.1 Å². The van der Waals surface area contributed by atoms with Crippen LogP contribution in [0.25, 0.3) is 0 Å². The minimum absolute atomic E-state index is 0.350. The first-order chi connectivity index (χ1) is 5.36. The van der Waals surface area contributed by atoms with Crippen molar-refractivity contribution < 1.29 is 4.79 Å². The van der Waals surface area contributed by atoms with Gasteiger partial charge in [-0.1, -0.05) is 5.57 Å². The van der Waals surface area contributed by atoms with Crippen LogP contribution in [0.5, 0.6) is 0 Å². The Kier molecular flexibility index (Phi) is 2.03. The van der Waals surface area contributed by atoms with Gasteiger partial charge in [0.1, 0.15) is 0 Å². The molecule has 0 aromatic heterocycles. The quantitative estimate of drug-likeness (QED) is 0.550. The number of hydrogen-bond donors (Lipinski definition) is 0. The molecule has 1 atom stereocenters. The van der Waals surface area contributed by atoms with Gasteiger partial charge in [0.15, 0.2) is 5.78 Å². The van der Waals surface area contributed by atoms with Crippen molar-refractivity contribution in [3.05, 3.63) is 11.6 Å². The van der Waals surface area contributed by atoms with E-state index in [2.05, 4.69) is 0 Å². The number of thioether (sulfide) groups is 1. The first-order valence-electron chi connectivity index (χ1n) is 4.17. The lowest BCUT2D eigenvalue weighted by Crippen LogP contribution is -2.20. The molecule has 1 aliphatic carbocycles. The van der Waals surface area contributed by atoms with Crippen LogP contribution in [0, 0.1) is 5.92 Å². The highest BCUT2D eigenvalue weighted by molar-refractivity contribution is 7.99. The van der Waals surface area contributed by atoms with Gasteiger partial charge in [0.25, 0.3) is 0 Å². The van der Waals surface area contributed by atoms with Crippen molar-refractivity contribution in [2.45, 2.75) is 19.3 Å². The van der Waals surface area contributed by atoms with Crippen molar-refractivity contribution in [2.24, 2.45) is 5.92 Å². The van der Waals surface area contributed by atoms with Gasteiger partial charge in [0, 0.05) is 6.42 Å². The summed E-state index contributed by atoms with van der Waals surface area (Å²) in [6.45, 7) is 0. The molecular weight excluding hydrogens is 156 g/mol. The van der Waals surface area contributed by atoms with E-state index in [1.54, 1.807) is 0 Å². The first-order valence-corrected chi connectivity index (χ1v) is 5.33. The Hall–Kier alpha value is -0.240. The third-order valence-corrected chi connectivity index (χ3v) is 3.59. The summed E-state index contributed by atoms with van der Waals surface area (Å²) in [6, 6.07) is 0. The van der Waals surface area contributed by atoms with Crippen LogP contribution in [0.4, 0.5) is 0 Å². The van der Waals surface area contributed by atoms with Crippen molar-refractivity contribution in [1.82, 2.24) is 0 Å². The summed E-state index contributed by atoms with van der Waals surface area (Å²) in [5.74, 6) is 3.56. The van der Waals surface area contributed by atoms with Crippen LogP contribution in [-0.4, -0.2) is 17.3 Å². The molecule has 1 aliphatic heterocycles. The van der Waals surface area contributed by atoms with Crippen LogP contribution >= 0.6 is 11.8 Å². The van der Waals surface area contributed by atoms with Crippen LogP contribution in [0.2, 0.25) is 0 Å². The van der Waals surface area contributed by atoms with Crippen LogP contribution in [0.1, 0.15) is 19.3 Å². The molecule has 0 aromatic carbocycles. The van der Waals surface area contributed by atoms with E-state index in [4.69, 9.17) is 0 Å². The van der Waals surface area contributed by atoms with E-state index in [0.717, 1.165) is 25.2 Å². The van der Waals surface area contributed by atoms with Crippen LogP contribution < -0.4 is 0 Å². The molecule has 1 heterocycles. The SMILES string of the molecule is O=C1C=C2CCSCC2CC1. The molecule has 2 rings (SSSR count). The monoisotopic (exact) mass is 168 g/mol. The predicted molar refractivity (Wildman–Crippen MR) is 47.8 cm³/mol. The number of rotatable bonds is 0. The molecule has 2 heteroatoms. The van der Waals surface area contributed by atoms with Gasteiger partial charge in [0.2, 0.25) is 0 Å². The van der Waals surface area contributed by atoms with Crippen molar-refractivity contribution in [3.8, 4) is 0 Å². The summed E-state index contributed by atoms with van der Waals surface area (Å²) in [5, 5.41) is 0. The second-order valence-corrected chi connectivity index (χ2v) is 4.40. The van der Waals surface area contributed by atoms with Gasteiger partial charge >= 0.3 is 0 Å². The largest absolute Gasteiger partial charge is 0.295 e. The molecule has 11 heavy (non-hydrogen) atoms. The highest BCUT2D eigenvalue weighted by Crippen LogP contribution is 2.33. The molecular formula is C9H12OS. The molecule has 1 nitrogen and oxygen atoms in total.